The van der Waals surface area contributed by atoms with Gasteiger partial charge >= 0.3 is 0 Å². The van der Waals surface area contributed by atoms with Gasteiger partial charge in [0, 0.05) is 6.92 Å². The number of nitrogens with one attached hydrogen (secondary N) is 1. The third-order valence-electron chi connectivity index (χ3n) is 0.643. The summed E-state index contributed by atoms with van der Waals surface area (Å²) in [5, 5.41) is 10.9. The summed E-state index contributed by atoms with van der Waals surface area (Å²) in [6.07, 6.45) is -0.480. The van der Waals surface area contributed by atoms with Gasteiger partial charge in [-0.1, -0.05) is 0 Å². The molecule has 0 bridgehead atoms. The Hall–Kier alpha value is -0.570. The van der Waals surface area contributed by atoms with Crippen LogP contribution in [0.3, 0.4) is 0 Å². The summed E-state index contributed by atoms with van der Waals surface area (Å²) in [4.78, 5) is 10.1. The highest BCUT2D eigenvalue weighted by molar-refractivity contribution is 5.72. The largest absolute Gasteiger partial charge is 0.374 e. The number of hydrogen-bond acceptors (Lipinski definition) is 2. The molecule has 0 aromatic heterocycles. The van der Waals surface area contributed by atoms with Crippen molar-refractivity contribution in [2.75, 3.05) is 0 Å². The zero-order valence-corrected chi connectivity index (χ0v) is 4.85. The number of hydrogen-bond donors (Lipinski definition) is 2. The van der Waals surface area contributed by atoms with Crippen LogP contribution in [0, 0.1) is 6.92 Å². The normalized spacial score (nSPS) is 12.9. The summed E-state index contributed by atoms with van der Waals surface area (Å²) in [5.41, 5.74) is 0. The predicted octanol–water partition coefficient (Wildman–Crippen LogP) is -0.335. The first-order valence-electron chi connectivity index (χ1n) is 2.41. The molecule has 8 heavy (non-hydrogen) atoms. The number of carbonyl (C=O) groups excluding carboxylic acids is 1. The van der Waals surface area contributed by atoms with Crippen LogP contribution in [0.1, 0.15) is 13.3 Å². The monoisotopic (exact) mass is 116 g/mol. The van der Waals surface area contributed by atoms with Gasteiger partial charge in [0.15, 0.2) is 0 Å². The molecule has 0 aliphatic heterocycles. The first-order valence-corrected chi connectivity index (χ1v) is 2.41. The zero-order chi connectivity index (χ0) is 6.57. The fraction of sp³-hybridized carbons (Fsp3) is 0.600. The molecule has 0 spiro atoms. The van der Waals surface area contributed by atoms with Crippen molar-refractivity contribution < 1.29 is 9.90 Å². The minimum absolute atomic E-state index is 0.235. The molecule has 0 aromatic rings. The molecule has 1 atom stereocenters. The number of aliphatic hydroxyl groups is 1. The molecular formula is C5H10NO2. The SMILES string of the molecule is [CH2]CC(O)NC(C)=O. The topological polar surface area (TPSA) is 49.3 Å². The quantitative estimate of drug-likeness (QED) is 0.485. The van der Waals surface area contributed by atoms with Crippen LogP contribution in [-0.4, -0.2) is 17.2 Å². The summed E-state index contributed by atoms with van der Waals surface area (Å²) >= 11 is 0. The van der Waals surface area contributed by atoms with E-state index in [-0.39, 0.29) is 5.91 Å². The molecule has 3 heteroatoms. The van der Waals surface area contributed by atoms with Crippen molar-refractivity contribution in [2.45, 2.75) is 19.6 Å². The number of aliphatic hydroxyl groups excluding tert-OH is 1. The van der Waals surface area contributed by atoms with E-state index < -0.39 is 6.23 Å². The fourth-order valence-electron chi connectivity index (χ4n) is 0.307. The third kappa shape index (κ3) is 3.61. The van der Waals surface area contributed by atoms with Crippen molar-refractivity contribution in [3.8, 4) is 0 Å². The van der Waals surface area contributed by atoms with Gasteiger partial charge in [-0.3, -0.25) is 4.79 Å². The van der Waals surface area contributed by atoms with Crippen LogP contribution in [0.4, 0.5) is 0 Å². The lowest BCUT2D eigenvalue weighted by Crippen LogP contribution is -2.31. The van der Waals surface area contributed by atoms with Crippen molar-refractivity contribution in [3.05, 3.63) is 6.92 Å². The van der Waals surface area contributed by atoms with E-state index in [1.807, 2.05) is 0 Å². The van der Waals surface area contributed by atoms with E-state index in [0.29, 0.717) is 6.42 Å². The summed E-state index contributed by atoms with van der Waals surface area (Å²) < 4.78 is 0. The summed E-state index contributed by atoms with van der Waals surface area (Å²) in [6, 6.07) is 0. The first-order chi connectivity index (χ1) is 3.66. The van der Waals surface area contributed by atoms with Gasteiger partial charge in [-0.2, -0.15) is 0 Å². The highest BCUT2D eigenvalue weighted by atomic mass is 16.3. The Balaban J connectivity index is 3.24. The lowest BCUT2D eigenvalue weighted by atomic mass is 10.4. The van der Waals surface area contributed by atoms with E-state index in [9.17, 15) is 4.79 Å². The number of amides is 1. The lowest BCUT2D eigenvalue weighted by molar-refractivity contribution is -0.121. The average molecular weight is 116 g/mol. The van der Waals surface area contributed by atoms with Crippen LogP contribution in [0.25, 0.3) is 0 Å². The summed E-state index contributed by atoms with van der Waals surface area (Å²) in [7, 11) is 0. The number of rotatable bonds is 2. The summed E-state index contributed by atoms with van der Waals surface area (Å²) in [6.45, 7) is 4.72. The number of carbonyl (C=O) groups is 1. The van der Waals surface area contributed by atoms with Gasteiger partial charge in [-0.15, -0.1) is 0 Å². The third-order valence-corrected chi connectivity index (χ3v) is 0.643. The van der Waals surface area contributed by atoms with E-state index in [1.165, 1.54) is 6.92 Å². The minimum atomic E-state index is -0.785. The maximum absolute atomic E-state index is 10.1. The molecule has 1 radical (unpaired) electrons. The molecule has 1 amide bonds. The highest BCUT2D eigenvalue weighted by Gasteiger charge is 1.98. The average Bonchev–Trinajstić information content (AvgIpc) is 1.65. The van der Waals surface area contributed by atoms with Gasteiger partial charge in [-0.05, 0) is 13.3 Å². The first kappa shape index (κ1) is 7.43. The van der Waals surface area contributed by atoms with E-state index in [4.69, 9.17) is 5.11 Å². The van der Waals surface area contributed by atoms with Crippen LogP contribution < -0.4 is 5.32 Å². The molecule has 47 valence electrons. The molecule has 0 rings (SSSR count). The standard InChI is InChI=1S/C5H10NO2/c1-3-5(8)6-4(2)7/h5,8H,1,3H2,2H3,(H,6,7). The zero-order valence-electron chi connectivity index (χ0n) is 4.85. The molecule has 2 N–H and O–H groups in total. The molecule has 3 nitrogen and oxygen atoms in total. The van der Waals surface area contributed by atoms with Crippen LogP contribution in [0.15, 0.2) is 0 Å². The Kier molecular flexibility index (Phi) is 3.19. The maximum Gasteiger partial charge on any atom is 0.218 e. The Morgan fingerprint density at radius 1 is 2.00 bits per heavy atom. The van der Waals surface area contributed by atoms with Crippen molar-refractivity contribution in [2.24, 2.45) is 0 Å². The molecule has 0 saturated heterocycles. The lowest BCUT2D eigenvalue weighted by Gasteiger charge is -2.05. The fourth-order valence-corrected chi connectivity index (χ4v) is 0.307. The molecule has 0 aliphatic carbocycles. The highest BCUT2D eigenvalue weighted by Crippen LogP contribution is 1.80. The second-order valence-corrected chi connectivity index (χ2v) is 1.50. The van der Waals surface area contributed by atoms with Gasteiger partial charge in [0.1, 0.15) is 6.23 Å². The second kappa shape index (κ2) is 3.43. The van der Waals surface area contributed by atoms with Gasteiger partial charge in [0.2, 0.25) is 5.91 Å². The van der Waals surface area contributed by atoms with Crippen LogP contribution in [0.5, 0.6) is 0 Å². The van der Waals surface area contributed by atoms with Crippen molar-refractivity contribution >= 4 is 5.91 Å². The maximum atomic E-state index is 10.1. The summed E-state index contributed by atoms with van der Waals surface area (Å²) in [5.74, 6) is -0.235. The molecule has 1 unspecified atom stereocenters. The Labute approximate surface area is 48.7 Å². The smallest absolute Gasteiger partial charge is 0.218 e. The van der Waals surface area contributed by atoms with E-state index >= 15 is 0 Å². The molecule has 0 saturated carbocycles. The molecular weight excluding hydrogens is 106 g/mol. The molecule has 0 fully saturated rings. The van der Waals surface area contributed by atoms with Crippen molar-refractivity contribution in [1.29, 1.82) is 0 Å². The van der Waals surface area contributed by atoms with E-state index in [2.05, 4.69) is 12.2 Å². The Bertz CT molecular complexity index is 82.5. The van der Waals surface area contributed by atoms with Crippen LogP contribution in [0.2, 0.25) is 0 Å². The van der Waals surface area contributed by atoms with Gasteiger partial charge in [0.25, 0.3) is 0 Å². The Morgan fingerprint density at radius 3 is 2.62 bits per heavy atom. The van der Waals surface area contributed by atoms with E-state index in [1.54, 1.807) is 0 Å². The van der Waals surface area contributed by atoms with Gasteiger partial charge in [-0.25, -0.2) is 0 Å². The van der Waals surface area contributed by atoms with Crippen LogP contribution in [-0.2, 0) is 4.79 Å². The van der Waals surface area contributed by atoms with Crippen molar-refractivity contribution in [3.63, 3.8) is 0 Å². The van der Waals surface area contributed by atoms with E-state index in [0.717, 1.165) is 0 Å². The minimum Gasteiger partial charge on any atom is -0.374 e. The predicted molar refractivity (Wildman–Crippen MR) is 29.8 cm³/mol. The molecule has 0 aromatic carbocycles. The second-order valence-electron chi connectivity index (χ2n) is 1.50. The van der Waals surface area contributed by atoms with Crippen LogP contribution >= 0.6 is 0 Å². The van der Waals surface area contributed by atoms with Gasteiger partial charge < -0.3 is 10.4 Å². The van der Waals surface area contributed by atoms with Crippen molar-refractivity contribution in [1.82, 2.24) is 5.32 Å². The molecule has 0 heterocycles. The Morgan fingerprint density at radius 2 is 2.50 bits per heavy atom. The van der Waals surface area contributed by atoms with Gasteiger partial charge in [0.05, 0.1) is 0 Å². The molecule has 0 aliphatic rings.